The number of rotatable bonds is 8. The number of amides is 2. The number of β-lactam (4-membered cyclic amide) rings is 1. The summed E-state index contributed by atoms with van der Waals surface area (Å²) in [6.45, 7) is 1.10. The van der Waals surface area contributed by atoms with E-state index in [1.807, 2.05) is 0 Å². The Balaban J connectivity index is 1.55. The second-order valence-corrected chi connectivity index (χ2v) is 7.43. The molecule has 2 atom stereocenters. The minimum Gasteiger partial charge on any atom is -0.454 e. The molecule has 1 saturated heterocycles. The maximum absolute atomic E-state index is 12.3. The molecule has 162 valence electrons. The number of benzene rings is 1. The normalized spacial score (nSPS) is 20.8. The number of hydrogen-bond acceptors (Lipinski definition) is 10. The van der Waals surface area contributed by atoms with Gasteiger partial charge < -0.3 is 24.5 Å². The van der Waals surface area contributed by atoms with Crippen molar-refractivity contribution in [1.29, 1.82) is 0 Å². The first-order valence-corrected chi connectivity index (χ1v) is 9.88. The number of fused-ring (bicyclic) bond motifs is 1. The van der Waals surface area contributed by atoms with Gasteiger partial charge in [-0.15, -0.1) is 0 Å². The summed E-state index contributed by atoms with van der Waals surface area (Å²) in [5.74, 6) is -0.614. The first kappa shape index (κ1) is 21.3. The molecule has 30 heavy (non-hydrogen) atoms. The van der Waals surface area contributed by atoms with E-state index in [4.69, 9.17) is 18.9 Å². The van der Waals surface area contributed by atoms with E-state index >= 15 is 0 Å². The van der Waals surface area contributed by atoms with Crippen LogP contribution >= 0.6 is 0 Å². The van der Waals surface area contributed by atoms with Crippen molar-refractivity contribution in [3.05, 3.63) is 23.8 Å². The average molecular weight is 442 g/mol. The highest BCUT2D eigenvalue weighted by Crippen LogP contribution is 2.32. The minimum absolute atomic E-state index is 0.141. The molecule has 0 unspecified atom stereocenters. The van der Waals surface area contributed by atoms with Gasteiger partial charge in [0.25, 0.3) is 11.8 Å². The van der Waals surface area contributed by atoms with E-state index in [0.717, 1.165) is 0 Å². The summed E-state index contributed by atoms with van der Waals surface area (Å²) in [5.41, 5.74) is 0.416. The van der Waals surface area contributed by atoms with Crippen LogP contribution in [0.25, 0.3) is 0 Å². The van der Waals surface area contributed by atoms with Crippen LogP contribution in [0.15, 0.2) is 28.5 Å². The molecule has 0 saturated carbocycles. The van der Waals surface area contributed by atoms with E-state index in [-0.39, 0.29) is 16.8 Å². The molecule has 1 aromatic carbocycles. The minimum atomic E-state index is -4.69. The molecular weight excluding hydrogens is 424 g/mol. The fourth-order valence-corrected chi connectivity index (χ4v) is 3.64. The Hall–Kier alpha value is -3.39. The van der Waals surface area contributed by atoms with Gasteiger partial charge in [-0.05, 0) is 25.1 Å². The van der Waals surface area contributed by atoms with Crippen LogP contribution in [-0.2, 0) is 29.6 Å². The standard InChI is InChI=1S/C16H18N4O9S/c1-9-14(16(22)20(9)30(23,24)25)18-15(21)11(19-26-2)7-29-17-6-10-3-4-12-13(5-10)28-8-27-12/h3-6,9,14H,7-8H2,1-2H3,(H,18,21)(H,23,24,25)/b17-6-,19-11-/t9-,14-/m0/s1. The lowest BCUT2D eigenvalue weighted by molar-refractivity contribution is -0.144. The summed E-state index contributed by atoms with van der Waals surface area (Å²) in [6.07, 6.45) is 1.38. The van der Waals surface area contributed by atoms with Gasteiger partial charge in [-0.25, -0.2) is 4.31 Å². The summed E-state index contributed by atoms with van der Waals surface area (Å²) in [5, 5.41) is 9.57. The largest absolute Gasteiger partial charge is 0.454 e. The van der Waals surface area contributed by atoms with E-state index in [2.05, 4.69) is 20.5 Å². The molecule has 3 rings (SSSR count). The summed E-state index contributed by atoms with van der Waals surface area (Å²) in [7, 11) is -3.49. The summed E-state index contributed by atoms with van der Waals surface area (Å²) >= 11 is 0. The maximum Gasteiger partial charge on any atom is 0.362 e. The molecule has 2 amide bonds. The second-order valence-electron chi connectivity index (χ2n) is 6.14. The Kier molecular flexibility index (Phi) is 6.07. The highest BCUT2D eigenvalue weighted by molar-refractivity contribution is 7.84. The molecule has 0 spiro atoms. The molecule has 14 heteroatoms. The van der Waals surface area contributed by atoms with Gasteiger partial charge in [-0.1, -0.05) is 10.3 Å². The predicted molar refractivity (Wildman–Crippen MR) is 100 cm³/mol. The van der Waals surface area contributed by atoms with Crippen molar-refractivity contribution >= 4 is 34.0 Å². The van der Waals surface area contributed by atoms with Gasteiger partial charge in [0.05, 0.1) is 12.3 Å². The van der Waals surface area contributed by atoms with Crippen molar-refractivity contribution < 1.29 is 41.7 Å². The lowest BCUT2D eigenvalue weighted by Crippen LogP contribution is -2.71. The van der Waals surface area contributed by atoms with E-state index in [0.29, 0.717) is 17.1 Å². The fourth-order valence-electron chi connectivity index (χ4n) is 2.76. The van der Waals surface area contributed by atoms with Crippen LogP contribution in [0.2, 0.25) is 0 Å². The Labute approximate surface area is 171 Å². The Morgan fingerprint density at radius 3 is 2.80 bits per heavy atom. The van der Waals surface area contributed by atoms with Gasteiger partial charge in [0.1, 0.15) is 13.2 Å². The molecule has 2 heterocycles. The van der Waals surface area contributed by atoms with Gasteiger partial charge in [0.2, 0.25) is 6.79 Å². The summed E-state index contributed by atoms with van der Waals surface area (Å²) in [6, 6.07) is 3.00. The van der Waals surface area contributed by atoms with E-state index in [9.17, 15) is 18.0 Å². The van der Waals surface area contributed by atoms with Crippen LogP contribution in [-0.4, -0.2) is 73.6 Å². The zero-order valence-electron chi connectivity index (χ0n) is 15.8. The van der Waals surface area contributed by atoms with Gasteiger partial charge in [-0.3, -0.25) is 14.1 Å². The molecule has 2 aliphatic rings. The van der Waals surface area contributed by atoms with Gasteiger partial charge >= 0.3 is 10.3 Å². The highest BCUT2D eigenvalue weighted by atomic mass is 32.2. The third kappa shape index (κ3) is 4.44. The van der Waals surface area contributed by atoms with Gasteiger partial charge in [0, 0.05) is 5.56 Å². The molecule has 13 nitrogen and oxygen atoms in total. The monoisotopic (exact) mass is 442 g/mol. The van der Waals surface area contributed by atoms with E-state index < -0.39 is 40.8 Å². The van der Waals surface area contributed by atoms with Crippen LogP contribution in [0.1, 0.15) is 12.5 Å². The zero-order chi connectivity index (χ0) is 21.9. The number of nitrogens with zero attached hydrogens (tertiary/aromatic N) is 3. The van der Waals surface area contributed by atoms with Crippen molar-refractivity contribution in [3.63, 3.8) is 0 Å². The predicted octanol–water partition coefficient (Wildman–Crippen LogP) is -0.713. The summed E-state index contributed by atoms with van der Waals surface area (Å²) < 4.78 is 41.9. The number of ether oxygens (including phenoxy) is 2. The topological polar surface area (TPSA) is 165 Å². The van der Waals surface area contributed by atoms with Gasteiger partial charge in [-0.2, -0.15) is 8.42 Å². The molecule has 2 N–H and O–H groups in total. The van der Waals surface area contributed by atoms with E-state index in [1.165, 1.54) is 20.2 Å². The fraction of sp³-hybridized carbons (Fsp3) is 0.375. The van der Waals surface area contributed by atoms with E-state index in [1.54, 1.807) is 18.2 Å². The van der Waals surface area contributed by atoms with Crippen LogP contribution in [0.5, 0.6) is 11.5 Å². The average Bonchev–Trinajstić information content (AvgIpc) is 3.15. The zero-order valence-corrected chi connectivity index (χ0v) is 16.7. The van der Waals surface area contributed by atoms with Crippen molar-refractivity contribution in [1.82, 2.24) is 9.62 Å². The van der Waals surface area contributed by atoms with Gasteiger partial charge in [0.15, 0.2) is 23.8 Å². The Morgan fingerprint density at radius 2 is 2.13 bits per heavy atom. The molecule has 0 aliphatic carbocycles. The molecule has 0 radical (unpaired) electrons. The lowest BCUT2D eigenvalue weighted by Gasteiger charge is -2.42. The number of oxime groups is 2. The van der Waals surface area contributed by atoms with Crippen molar-refractivity contribution in [2.45, 2.75) is 19.0 Å². The van der Waals surface area contributed by atoms with Crippen molar-refractivity contribution in [2.24, 2.45) is 10.3 Å². The van der Waals surface area contributed by atoms with Crippen LogP contribution in [0.4, 0.5) is 0 Å². The molecule has 1 fully saturated rings. The molecule has 0 bridgehead atoms. The molecule has 2 aliphatic heterocycles. The highest BCUT2D eigenvalue weighted by Gasteiger charge is 2.51. The molecule has 0 aromatic heterocycles. The summed E-state index contributed by atoms with van der Waals surface area (Å²) in [4.78, 5) is 33.8. The maximum atomic E-state index is 12.3. The third-order valence-corrected chi connectivity index (χ3v) is 5.22. The van der Waals surface area contributed by atoms with Crippen molar-refractivity contribution in [2.75, 3.05) is 20.5 Å². The molecule has 1 aromatic rings. The van der Waals surface area contributed by atoms with Crippen LogP contribution in [0, 0.1) is 0 Å². The Morgan fingerprint density at radius 1 is 1.40 bits per heavy atom. The number of carbonyl (C=O) groups excluding carboxylic acids is 2. The van der Waals surface area contributed by atoms with Crippen molar-refractivity contribution in [3.8, 4) is 11.5 Å². The number of hydrogen-bond donors (Lipinski definition) is 2. The number of carbonyl (C=O) groups is 2. The third-order valence-electron chi connectivity index (χ3n) is 4.21. The first-order valence-electron chi connectivity index (χ1n) is 8.49. The second kappa shape index (κ2) is 8.54. The SMILES string of the molecule is CO/N=C(/CO/N=C\c1ccc2c(c1)OCO2)C(=O)N[C@@H]1C(=O)N(S(=O)(=O)O)[C@H]1C. The lowest BCUT2D eigenvalue weighted by atomic mass is 10.0. The molecular formula is C16H18N4O9S. The quantitative estimate of drug-likeness (QED) is 0.229. The number of nitrogens with one attached hydrogen (secondary N) is 1. The van der Waals surface area contributed by atoms with Crippen LogP contribution < -0.4 is 14.8 Å². The Bertz CT molecular complexity index is 1010. The smallest absolute Gasteiger partial charge is 0.362 e. The van der Waals surface area contributed by atoms with Crippen LogP contribution in [0.3, 0.4) is 0 Å². The first-order chi connectivity index (χ1) is 14.2.